The van der Waals surface area contributed by atoms with Crippen LogP contribution in [0.25, 0.3) is 11.4 Å². The maximum Gasteiger partial charge on any atom is 0.225 e. The van der Waals surface area contributed by atoms with Gasteiger partial charge in [0.05, 0.1) is 11.4 Å². The molecule has 22 heavy (non-hydrogen) atoms. The Morgan fingerprint density at radius 3 is 2.45 bits per heavy atom. The summed E-state index contributed by atoms with van der Waals surface area (Å²) < 4.78 is 0. The first-order valence-electron chi connectivity index (χ1n) is 6.79. The van der Waals surface area contributed by atoms with E-state index in [1.54, 1.807) is 37.5 Å². The Labute approximate surface area is 127 Å². The molecule has 2 aromatic heterocycles. The molecule has 2 heterocycles. The van der Waals surface area contributed by atoms with Crippen molar-refractivity contribution in [1.29, 1.82) is 0 Å². The zero-order valence-electron chi connectivity index (χ0n) is 12.0. The van der Waals surface area contributed by atoms with Crippen molar-refractivity contribution in [2.24, 2.45) is 0 Å². The Morgan fingerprint density at radius 2 is 1.77 bits per heavy atom. The number of phenols is 1. The molecule has 6 nitrogen and oxygen atoms in total. The van der Waals surface area contributed by atoms with E-state index in [2.05, 4.69) is 25.6 Å². The smallest absolute Gasteiger partial charge is 0.225 e. The number of anilines is 3. The molecule has 3 aromatic rings. The van der Waals surface area contributed by atoms with Crippen molar-refractivity contribution in [3.63, 3.8) is 0 Å². The molecular weight excluding hydrogens is 278 g/mol. The topological polar surface area (TPSA) is 83.0 Å². The van der Waals surface area contributed by atoms with Crippen LogP contribution in [-0.4, -0.2) is 27.1 Å². The van der Waals surface area contributed by atoms with E-state index in [4.69, 9.17) is 0 Å². The maximum absolute atomic E-state index is 9.33. The van der Waals surface area contributed by atoms with Crippen LogP contribution in [0.15, 0.2) is 54.7 Å². The van der Waals surface area contributed by atoms with Crippen molar-refractivity contribution >= 4 is 17.5 Å². The van der Waals surface area contributed by atoms with Crippen LogP contribution in [0, 0.1) is 0 Å². The summed E-state index contributed by atoms with van der Waals surface area (Å²) in [5, 5.41) is 15.5. The van der Waals surface area contributed by atoms with E-state index in [1.165, 1.54) is 0 Å². The second-order valence-electron chi connectivity index (χ2n) is 4.60. The zero-order valence-corrected chi connectivity index (χ0v) is 12.0. The molecule has 0 atom stereocenters. The summed E-state index contributed by atoms with van der Waals surface area (Å²) in [6.45, 7) is 0. The van der Waals surface area contributed by atoms with E-state index in [0.717, 1.165) is 17.1 Å². The van der Waals surface area contributed by atoms with E-state index < -0.39 is 0 Å². The molecule has 0 bridgehead atoms. The third-order valence-electron chi connectivity index (χ3n) is 3.02. The lowest BCUT2D eigenvalue weighted by atomic mass is 10.2. The van der Waals surface area contributed by atoms with Crippen molar-refractivity contribution in [3.05, 3.63) is 54.7 Å². The number of nitrogens with one attached hydrogen (secondary N) is 2. The average molecular weight is 293 g/mol. The standard InChI is InChI=1S/C16H15N5O/c1-17-16-20-14(13-4-2-3-9-18-13)10-15(21-16)19-11-5-7-12(22)8-6-11/h2-10,22H,1H3,(H2,17,19,20,21). The van der Waals surface area contributed by atoms with Crippen LogP contribution in [0.5, 0.6) is 5.75 Å². The molecule has 3 rings (SSSR count). The van der Waals surface area contributed by atoms with Crippen LogP contribution >= 0.6 is 0 Å². The van der Waals surface area contributed by atoms with Gasteiger partial charge in [0.1, 0.15) is 11.6 Å². The monoisotopic (exact) mass is 293 g/mol. The van der Waals surface area contributed by atoms with Crippen molar-refractivity contribution < 1.29 is 5.11 Å². The van der Waals surface area contributed by atoms with Gasteiger partial charge in [0.25, 0.3) is 0 Å². The zero-order chi connectivity index (χ0) is 15.4. The molecule has 0 aliphatic heterocycles. The van der Waals surface area contributed by atoms with Gasteiger partial charge in [0, 0.05) is 25.0 Å². The number of rotatable bonds is 4. The van der Waals surface area contributed by atoms with Gasteiger partial charge in [-0.1, -0.05) is 6.07 Å². The van der Waals surface area contributed by atoms with Crippen LogP contribution in [0.2, 0.25) is 0 Å². The van der Waals surface area contributed by atoms with E-state index >= 15 is 0 Å². The summed E-state index contributed by atoms with van der Waals surface area (Å²) in [4.78, 5) is 13.1. The number of pyridine rings is 1. The van der Waals surface area contributed by atoms with Gasteiger partial charge < -0.3 is 15.7 Å². The lowest BCUT2D eigenvalue weighted by molar-refractivity contribution is 0.475. The quantitative estimate of drug-likeness (QED) is 0.641. The summed E-state index contributed by atoms with van der Waals surface area (Å²) in [5.74, 6) is 1.37. The van der Waals surface area contributed by atoms with Crippen molar-refractivity contribution in [2.45, 2.75) is 0 Å². The Bertz CT molecular complexity index is 759. The van der Waals surface area contributed by atoms with E-state index in [0.29, 0.717) is 11.8 Å². The van der Waals surface area contributed by atoms with Gasteiger partial charge in [0.15, 0.2) is 0 Å². The fraction of sp³-hybridized carbons (Fsp3) is 0.0625. The van der Waals surface area contributed by atoms with Gasteiger partial charge in [0.2, 0.25) is 5.95 Å². The summed E-state index contributed by atoms with van der Waals surface area (Å²) in [6.07, 6.45) is 1.73. The number of phenolic OH excluding ortho intramolecular Hbond substituents is 1. The van der Waals surface area contributed by atoms with Crippen LogP contribution in [0.3, 0.4) is 0 Å². The number of aromatic hydroxyl groups is 1. The molecule has 0 aliphatic rings. The Hall–Kier alpha value is -3.15. The summed E-state index contributed by atoms with van der Waals surface area (Å²) >= 11 is 0. The summed E-state index contributed by atoms with van der Waals surface area (Å²) in [6, 6.07) is 14.3. The minimum atomic E-state index is 0.221. The van der Waals surface area contributed by atoms with E-state index in [-0.39, 0.29) is 5.75 Å². The van der Waals surface area contributed by atoms with E-state index in [1.807, 2.05) is 24.3 Å². The predicted molar refractivity (Wildman–Crippen MR) is 86.2 cm³/mol. The summed E-state index contributed by atoms with van der Waals surface area (Å²) in [5.41, 5.74) is 2.32. The predicted octanol–water partition coefficient (Wildman–Crippen LogP) is 3.03. The first kappa shape index (κ1) is 13.8. The van der Waals surface area contributed by atoms with Gasteiger partial charge in [-0.05, 0) is 36.4 Å². The molecule has 0 fully saturated rings. The number of nitrogens with zero attached hydrogens (tertiary/aromatic N) is 3. The maximum atomic E-state index is 9.33. The van der Waals surface area contributed by atoms with Crippen LogP contribution in [-0.2, 0) is 0 Å². The number of aromatic nitrogens is 3. The molecule has 6 heteroatoms. The third-order valence-corrected chi connectivity index (χ3v) is 3.02. The fourth-order valence-electron chi connectivity index (χ4n) is 1.96. The van der Waals surface area contributed by atoms with Crippen molar-refractivity contribution in [2.75, 3.05) is 17.7 Å². The molecule has 0 spiro atoms. The first-order chi connectivity index (χ1) is 10.7. The molecule has 3 N–H and O–H groups in total. The third kappa shape index (κ3) is 3.12. The highest BCUT2D eigenvalue weighted by Gasteiger charge is 2.07. The highest BCUT2D eigenvalue weighted by atomic mass is 16.3. The number of benzene rings is 1. The largest absolute Gasteiger partial charge is 0.508 e. The highest BCUT2D eigenvalue weighted by molar-refractivity contribution is 5.65. The lowest BCUT2D eigenvalue weighted by Crippen LogP contribution is -2.02. The van der Waals surface area contributed by atoms with Gasteiger partial charge in [-0.3, -0.25) is 4.98 Å². The fourth-order valence-corrected chi connectivity index (χ4v) is 1.96. The van der Waals surface area contributed by atoms with Crippen LogP contribution < -0.4 is 10.6 Å². The second-order valence-corrected chi connectivity index (χ2v) is 4.60. The van der Waals surface area contributed by atoms with Gasteiger partial charge >= 0.3 is 0 Å². The molecular formula is C16H15N5O. The Morgan fingerprint density at radius 1 is 0.955 bits per heavy atom. The first-order valence-corrected chi connectivity index (χ1v) is 6.79. The number of hydrogen-bond acceptors (Lipinski definition) is 6. The minimum absolute atomic E-state index is 0.221. The molecule has 0 saturated carbocycles. The molecule has 1 aromatic carbocycles. The summed E-state index contributed by atoms with van der Waals surface area (Å²) in [7, 11) is 1.77. The van der Waals surface area contributed by atoms with E-state index in [9.17, 15) is 5.11 Å². The Balaban J connectivity index is 1.95. The molecule has 0 aliphatic carbocycles. The molecule has 0 amide bonds. The SMILES string of the molecule is CNc1nc(Nc2ccc(O)cc2)cc(-c2ccccn2)n1. The van der Waals surface area contributed by atoms with Gasteiger partial charge in [-0.15, -0.1) is 0 Å². The molecule has 110 valence electrons. The lowest BCUT2D eigenvalue weighted by Gasteiger charge is -2.09. The normalized spacial score (nSPS) is 10.2. The van der Waals surface area contributed by atoms with Gasteiger partial charge in [-0.2, -0.15) is 4.98 Å². The van der Waals surface area contributed by atoms with Crippen LogP contribution in [0.1, 0.15) is 0 Å². The molecule has 0 saturated heterocycles. The minimum Gasteiger partial charge on any atom is -0.508 e. The van der Waals surface area contributed by atoms with Crippen molar-refractivity contribution in [3.8, 4) is 17.1 Å². The van der Waals surface area contributed by atoms with Crippen LogP contribution in [0.4, 0.5) is 17.5 Å². The highest BCUT2D eigenvalue weighted by Crippen LogP contribution is 2.23. The average Bonchev–Trinajstić information content (AvgIpc) is 2.57. The Kier molecular flexibility index (Phi) is 3.82. The number of hydrogen-bond donors (Lipinski definition) is 3. The second kappa shape index (κ2) is 6.09. The molecule has 0 unspecified atom stereocenters. The van der Waals surface area contributed by atoms with Gasteiger partial charge in [-0.25, -0.2) is 4.98 Å². The van der Waals surface area contributed by atoms with Crippen molar-refractivity contribution in [1.82, 2.24) is 15.0 Å². The molecule has 0 radical (unpaired) electrons.